The van der Waals surface area contributed by atoms with Crippen molar-refractivity contribution in [1.82, 2.24) is 9.88 Å². The van der Waals surface area contributed by atoms with Gasteiger partial charge in [0.15, 0.2) is 0 Å². The zero-order valence-electron chi connectivity index (χ0n) is 13.0. The average Bonchev–Trinajstić information content (AvgIpc) is 3.04. The highest BCUT2D eigenvalue weighted by Crippen LogP contribution is 2.37. The molecular formula is C17H23N3S. The smallest absolute Gasteiger partial charge is 0.107 e. The Balaban J connectivity index is 1.89. The van der Waals surface area contributed by atoms with E-state index in [-0.39, 0.29) is 5.41 Å². The van der Waals surface area contributed by atoms with Gasteiger partial charge in [-0.1, -0.05) is 39.0 Å². The van der Waals surface area contributed by atoms with Crippen molar-refractivity contribution in [2.24, 2.45) is 5.73 Å². The van der Waals surface area contributed by atoms with Gasteiger partial charge in [-0.3, -0.25) is 4.90 Å². The highest BCUT2D eigenvalue weighted by atomic mass is 32.1. The van der Waals surface area contributed by atoms with Crippen LogP contribution in [-0.4, -0.2) is 16.4 Å². The normalized spacial score (nSPS) is 19.0. The summed E-state index contributed by atoms with van der Waals surface area (Å²) in [6.45, 7) is 9.30. The van der Waals surface area contributed by atoms with Crippen molar-refractivity contribution in [1.29, 1.82) is 0 Å². The zero-order valence-corrected chi connectivity index (χ0v) is 13.8. The highest BCUT2D eigenvalue weighted by molar-refractivity contribution is 7.09. The fraction of sp³-hybridized carbons (Fsp3) is 0.471. The molecule has 0 bridgehead atoms. The van der Waals surface area contributed by atoms with Gasteiger partial charge in [0.25, 0.3) is 0 Å². The minimum atomic E-state index is 0.177. The van der Waals surface area contributed by atoms with Gasteiger partial charge in [-0.25, -0.2) is 4.98 Å². The van der Waals surface area contributed by atoms with Crippen LogP contribution < -0.4 is 5.73 Å². The van der Waals surface area contributed by atoms with Crippen molar-refractivity contribution >= 4 is 11.3 Å². The van der Waals surface area contributed by atoms with Gasteiger partial charge in [0.1, 0.15) is 5.01 Å². The third-order valence-electron chi connectivity index (χ3n) is 4.23. The molecule has 3 nitrogen and oxygen atoms in total. The van der Waals surface area contributed by atoms with Crippen molar-refractivity contribution in [3.05, 3.63) is 51.5 Å². The molecule has 1 aromatic carbocycles. The Morgan fingerprint density at radius 1 is 1.38 bits per heavy atom. The number of nitrogens with two attached hydrogens (primary N) is 1. The number of aromatic nitrogens is 1. The van der Waals surface area contributed by atoms with E-state index in [2.05, 4.69) is 48.9 Å². The molecule has 0 aliphatic carbocycles. The quantitative estimate of drug-likeness (QED) is 0.944. The van der Waals surface area contributed by atoms with Gasteiger partial charge in [0, 0.05) is 30.7 Å². The van der Waals surface area contributed by atoms with Gasteiger partial charge < -0.3 is 5.73 Å². The summed E-state index contributed by atoms with van der Waals surface area (Å²) in [6, 6.07) is 7.21. The first-order valence-corrected chi connectivity index (χ1v) is 8.33. The number of fused-ring (bicyclic) bond motifs is 1. The van der Waals surface area contributed by atoms with Crippen LogP contribution in [0.2, 0.25) is 0 Å². The fourth-order valence-corrected chi connectivity index (χ4v) is 3.63. The zero-order chi connectivity index (χ0) is 15.0. The van der Waals surface area contributed by atoms with E-state index in [0.717, 1.165) is 18.1 Å². The van der Waals surface area contributed by atoms with Crippen LogP contribution in [0.5, 0.6) is 0 Å². The summed E-state index contributed by atoms with van der Waals surface area (Å²) >= 11 is 1.71. The SMILES string of the molecule is CC(C)(C)c1ccc2c(c1)C(CN)N(Cc1nccs1)C2. The Kier molecular flexibility index (Phi) is 3.86. The fourth-order valence-electron chi connectivity index (χ4n) is 2.99. The van der Waals surface area contributed by atoms with Crippen LogP contribution in [-0.2, 0) is 18.5 Å². The van der Waals surface area contributed by atoms with Crippen molar-refractivity contribution in [2.45, 2.75) is 45.3 Å². The summed E-state index contributed by atoms with van der Waals surface area (Å²) in [6.07, 6.45) is 1.87. The van der Waals surface area contributed by atoms with Crippen LogP contribution >= 0.6 is 11.3 Å². The third-order valence-corrected chi connectivity index (χ3v) is 4.99. The molecule has 1 aliphatic rings. The van der Waals surface area contributed by atoms with E-state index in [4.69, 9.17) is 5.73 Å². The number of hydrogen-bond donors (Lipinski definition) is 1. The lowest BCUT2D eigenvalue weighted by Crippen LogP contribution is -2.27. The Morgan fingerprint density at radius 3 is 2.81 bits per heavy atom. The first kappa shape index (κ1) is 14.7. The molecule has 3 rings (SSSR count). The van der Waals surface area contributed by atoms with Crippen molar-refractivity contribution in [2.75, 3.05) is 6.54 Å². The lowest BCUT2D eigenvalue weighted by Gasteiger charge is -2.24. The first-order chi connectivity index (χ1) is 9.99. The van der Waals surface area contributed by atoms with E-state index in [9.17, 15) is 0 Å². The van der Waals surface area contributed by atoms with Crippen LogP contribution in [0.1, 0.15) is 48.5 Å². The molecule has 1 unspecified atom stereocenters. The van der Waals surface area contributed by atoms with Gasteiger partial charge in [-0.05, 0) is 22.1 Å². The molecular weight excluding hydrogens is 278 g/mol. The number of nitrogens with zero attached hydrogens (tertiary/aromatic N) is 2. The maximum absolute atomic E-state index is 6.07. The van der Waals surface area contributed by atoms with Crippen molar-refractivity contribution in [3.63, 3.8) is 0 Å². The van der Waals surface area contributed by atoms with Crippen molar-refractivity contribution in [3.8, 4) is 0 Å². The number of benzene rings is 1. The van der Waals surface area contributed by atoms with E-state index < -0.39 is 0 Å². The molecule has 0 saturated carbocycles. The van der Waals surface area contributed by atoms with Gasteiger partial charge in [0.2, 0.25) is 0 Å². The predicted molar refractivity (Wildman–Crippen MR) is 88.3 cm³/mol. The van der Waals surface area contributed by atoms with Crippen LogP contribution in [0.25, 0.3) is 0 Å². The summed E-state index contributed by atoms with van der Waals surface area (Å²) in [7, 11) is 0. The molecule has 4 heteroatoms. The minimum absolute atomic E-state index is 0.177. The minimum Gasteiger partial charge on any atom is -0.329 e. The lowest BCUT2D eigenvalue weighted by molar-refractivity contribution is 0.210. The molecule has 0 saturated heterocycles. The second-order valence-corrected chi connectivity index (χ2v) is 7.73. The van der Waals surface area contributed by atoms with Crippen molar-refractivity contribution < 1.29 is 0 Å². The second kappa shape index (κ2) is 5.52. The topological polar surface area (TPSA) is 42.1 Å². The molecule has 0 spiro atoms. The van der Waals surface area contributed by atoms with Crippen LogP contribution in [0.15, 0.2) is 29.8 Å². The molecule has 0 amide bonds. The lowest BCUT2D eigenvalue weighted by atomic mass is 9.85. The summed E-state index contributed by atoms with van der Waals surface area (Å²) in [4.78, 5) is 6.84. The summed E-state index contributed by atoms with van der Waals surface area (Å²) in [5.41, 5.74) is 10.4. The molecule has 2 N–H and O–H groups in total. The van der Waals surface area contributed by atoms with E-state index >= 15 is 0 Å². The van der Waals surface area contributed by atoms with Gasteiger partial charge >= 0.3 is 0 Å². The number of hydrogen-bond acceptors (Lipinski definition) is 4. The van der Waals surface area contributed by atoms with Crippen LogP contribution in [0.3, 0.4) is 0 Å². The summed E-state index contributed by atoms with van der Waals surface area (Å²) < 4.78 is 0. The molecule has 1 aliphatic heterocycles. The third kappa shape index (κ3) is 2.89. The molecule has 1 atom stereocenters. The van der Waals surface area contributed by atoms with E-state index in [1.165, 1.54) is 16.7 Å². The Bertz CT molecular complexity index is 613. The summed E-state index contributed by atoms with van der Waals surface area (Å²) in [5.74, 6) is 0. The Hall–Kier alpha value is -1.23. The van der Waals surface area contributed by atoms with Gasteiger partial charge in [-0.2, -0.15) is 0 Å². The molecule has 112 valence electrons. The Labute approximate surface area is 130 Å². The average molecular weight is 301 g/mol. The largest absolute Gasteiger partial charge is 0.329 e. The second-order valence-electron chi connectivity index (χ2n) is 6.75. The highest BCUT2D eigenvalue weighted by Gasteiger charge is 2.30. The number of rotatable bonds is 3. The van der Waals surface area contributed by atoms with Gasteiger partial charge in [-0.15, -0.1) is 11.3 Å². The predicted octanol–water partition coefficient (Wildman–Crippen LogP) is 3.46. The standard InChI is InChI=1S/C17H23N3S/c1-17(2,3)13-5-4-12-10-20(11-16-19-6-7-21-16)15(9-18)14(12)8-13/h4-8,15H,9-11,18H2,1-3H3. The number of thiazole rings is 1. The molecule has 21 heavy (non-hydrogen) atoms. The maximum atomic E-state index is 6.07. The van der Waals surface area contributed by atoms with Gasteiger partial charge in [0.05, 0.1) is 6.54 Å². The molecule has 2 heterocycles. The van der Waals surface area contributed by atoms with E-state index in [1.54, 1.807) is 11.3 Å². The van der Waals surface area contributed by atoms with E-state index in [0.29, 0.717) is 12.6 Å². The molecule has 2 aromatic rings. The molecule has 0 fully saturated rings. The summed E-state index contributed by atoms with van der Waals surface area (Å²) in [5, 5.41) is 3.20. The van der Waals surface area contributed by atoms with E-state index in [1.807, 2.05) is 11.6 Å². The first-order valence-electron chi connectivity index (χ1n) is 7.45. The van der Waals surface area contributed by atoms with Crippen LogP contribution in [0.4, 0.5) is 0 Å². The molecule has 1 aromatic heterocycles. The Morgan fingerprint density at radius 2 is 2.19 bits per heavy atom. The maximum Gasteiger partial charge on any atom is 0.107 e. The monoisotopic (exact) mass is 301 g/mol. The van der Waals surface area contributed by atoms with Crippen LogP contribution in [0, 0.1) is 0 Å². The molecule has 0 radical (unpaired) electrons.